The summed E-state index contributed by atoms with van der Waals surface area (Å²) in [5, 5.41) is 0. The molecule has 5 heteroatoms. The Kier molecular flexibility index (Phi) is 4.67. The molecule has 5 nitrogen and oxygen atoms in total. The molecule has 2 aromatic rings. The first-order chi connectivity index (χ1) is 11.2. The van der Waals surface area contributed by atoms with Gasteiger partial charge in [-0.05, 0) is 42.7 Å². The Hall–Kier alpha value is -2.27. The van der Waals surface area contributed by atoms with Gasteiger partial charge < -0.3 is 13.9 Å². The number of nitrogens with zero attached hydrogens (tertiary/aromatic N) is 1. The normalized spacial score (nSPS) is 14.0. The van der Waals surface area contributed by atoms with Gasteiger partial charge in [-0.3, -0.25) is 4.90 Å². The number of carbonyl (C=O) groups excluding carboxylic acids is 1. The number of hydrogen-bond donors (Lipinski definition) is 0. The molecule has 0 bridgehead atoms. The van der Waals surface area contributed by atoms with Crippen molar-refractivity contribution in [1.82, 2.24) is 4.90 Å². The standard InChI is InChI=1S/C18H21NO4/c1-21-15-7-3-13(4-8-15)11-19(14-5-6-14)12-16-9-10-17(23-16)18(20)22-2/h3-4,7-10,14H,5-6,11-12H2,1-2H3. The van der Waals surface area contributed by atoms with Crippen molar-refractivity contribution in [3.05, 3.63) is 53.5 Å². The minimum Gasteiger partial charge on any atom is -0.497 e. The Morgan fingerprint density at radius 1 is 1.13 bits per heavy atom. The van der Waals surface area contributed by atoms with Gasteiger partial charge in [0, 0.05) is 12.6 Å². The zero-order valence-corrected chi connectivity index (χ0v) is 13.5. The van der Waals surface area contributed by atoms with Crippen molar-refractivity contribution in [2.75, 3.05) is 14.2 Å². The Balaban J connectivity index is 1.67. The molecule has 0 unspecified atom stereocenters. The quantitative estimate of drug-likeness (QED) is 0.734. The van der Waals surface area contributed by atoms with Crippen molar-refractivity contribution in [1.29, 1.82) is 0 Å². The highest BCUT2D eigenvalue weighted by atomic mass is 16.5. The first-order valence-corrected chi connectivity index (χ1v) is 7.73. The van der Waals surface area contributed by atoms with E-state index >= 15 is 0 Å². The summed E-state index contributed by atoms with van der Waals surface area (Å²) in [6.07, 6.45) is 2.42. The van der Waals surface area contributed by atoms with E-state index in [0.29, 0.717) is 12.6 Å². The van der Waals surface area contributed by atoms with Crippen LogP contribution in [-0.2, 0) is 17.8 Å². The zero-order valence-electron chi connectivity index (χ0n) is 13.5. The molecule has 1 saturated carbocycles. The molecule has 1 aromatic heterocycles. The van der Waals surface area contributed by atoms with E-state index in [-0.39, 0.29) is 5.76 Å². The van der Waals surface area contributed by atoms with Gasteiger partial charge in [0.05, 0.1) is 20.8 Å². The number of furan rings is 1. The highest BCUT2D eigenvalue weighted by Crippen LogP contribution is 2.30. The molecule has 122 valence electrons. The third-order valence-corrected chi connectivity index (χ3v) is 4.02. The summed E-state index contributed by atoms with van der Waals surface area (Å²) < 4.78 is 15.4. The average molecular weight is 315 g/mol. The number of methoxy groups -OCH3 is 2. The van der Waals surface area contributed by atoms with Crippen LogP contribution in [0.2, 0.25) is 0 Å². The summed E-state index contributed by atoms with van der Waals surface area (Å²) in [7, 11) is 3.02. The van der Waals surface area contributed by atoms with Crippen molar-refractivity contribution in [3.63, 3.8) is 0 Å². The largest absolute Gasteiger partial charge is 0.497 e. The molecule has 0 N–H and O–H groups in total. The fraction of sp³-hybridized carbons (Fsp3) is 0.389. The summed E-state index contributed by atoms with van der Waals surface area (Å²) in [4.78, 5) is 13.8. The molecule has 0 amide bonds. The van der Waals surface area contributed by atoms with Crippen LogP contribution in [0.4, 0.5) is 0 Å². The maximum Gasteiger partial charge on any atom is 0.373 e. The third-order valence-electron chi connectivity index (χ3n) is 4.02. The van der Waals surface area contributed by atoms with Crippen molar-refractivity contribution in [2.24, 2.45) is 0 Å². The second-order valence-corrected chi connectivity index (χ2v) is 5.74. The predicted octanol–water partition coefficient (Wildman–Crippen LogP) is 3.24. The predicted molar refractivity (Wildman–Crippen MR) is 85.3 cm³/mol. The molecule has 1 aliphatic rings. The lowest BCUT2D eigenvalue weighted by atomic mass is 10.2. The Morgan fingerprint density at radius 2 is 1.87 bits per heavy atom. The van der Waals surface area contributed by atoms with Crippen molar-refractivity contribution in [2.45, 2.75) is 32.0 Å². The molecule has 1 fully saturated rings. The summed E-state index contributed by atoms with van der Waals surface area (Å²) in [5.41, 5.74) is 1.23. The van der Waals surface area contributed by atoms with Crippen LogP contribution in [-0.4, -0.2) is 31.1 Å². The molecule has 0 spiro atoms. The lowest BCUT2D eigenvalue weighted by molar-refractivity contribution is 0.0560. The summed E-state index contributed by atoms with van der Waals surface area (Å²) in [5.74, 6) is 1.46. The molecule has 1 aliphatic carbocycles. The first-order valence-electron chi connectivity index (χ1n) is 7.73. The molecule has 0 saturated heterocycles. The lowest BCUT2D eigenvalue weighted by Gasteiger charge is -2.21. The van der Waals surface area contributed by atoms with E-state index < -0.39 is 5.97 Å². The van der Waals surface area contributed by atoms with E-state index in [2.05, 4.69) is 21.8 Å². The second-order valence-electron chi connectivity index (χ2n) is 5.74. The van der Waals surface area contributed by atoms with Crippen molar-refractivity contribution in [3.8, 4) is 5.75 Å². The smallest absolute Gasteiger partial charge is 0.373 e. The minimum atomic E-state index is -0.440. The van der Waals surface area contributed by atoms with Gasteiger partial charge in [0.2, 0.25) is 5.76 Å². The molecule has 3 rings (SSSR count). The topological polar surface area (TPSA) is 51.9 Å². The minimum absolute atomic E-state index is 0.252. The molecule has 0 radical (unpaired) electrons. The first kappa shape index (κ1) is 15.6. The highest BCUT2D eigenvalue weighted by Gasteiger charge is 2.29. The van der Waals surface area contributed by atoms with Crippen LogP contribution >= 0.6 is 0 Å². The average Bonchev–Trinajstić information content (AvgIpc) is 3.33. The van der Waals surface area contributed by atoms with Gasteiger partial charge in [0.1, 0.15) is 11.5 Å². The summed E-state index contributed by atoms with van der Waals surface area (Å²) >= 11 is 0. The molecular formula is C18H21NO4. The Bertz CT molecular complexity index is 658. The monoisotopic (exact) mass is 315 g/mol. The number of carbonyl (C=O) groups is 1. The van der Waals surface area contributed by atoms with Gasteiger partial charge in [-0.1, -0.05) is 12.1 Å². The molecule has 0 atom stereocenters. The van der Waals surface area contributed by atoms with E-state index in [1.807, 2.05) is 18.2 Å². The summed E-state index contributed by atoms with van der Waals surface area (Å²) in [6.45, 7) is 1.54. The van der Waals surface area contributed by atoms with Crippen LogP contribution in [0.15, 0.2) is 40.8 Å². The highest BCUT2D eigenvalue weighted by molar-refractivity contribution is 5.86. The van der Waals surface area contributed by atoms with Gasteiger partial charge in [-0.2, -0.15) is 0 Å². The number of ether oxygens (including phenoxy) is 2. The molecule has 23 heavy (non-hydrogen) atoms. The Morgan fingerprint density at radius 3 is 2.48 bits per heavy atom. The van der Waals surface area contributed by atoms with Gasteiger partial charge in [0.25, 0.3) is 0 Å². The van der Waals surface area contributed by atoms with Crippen LogP contribution in [0.5, 0.6) is 5.75 Å². The number of hydrogen-bond acceptors (Lipinski definition) is 5. The van der Waals surface area contributed by atoms with Crippen LogP contribution < -0.4 is 4.74 Å². The SMILES string of the molecule is COC(=O)c1ccc(CN(Cc2ccc(OC)cc2)C2CC2)o1. The van der Waals surface area contributed by atoms with Crippen LogP contribution in [0.3, 0.4) is 0 Å². The molecule has 0 aliphatic heterocycles. The van der Waals surface area contributed by atoms with Crippen molar-refractivity contribution >= 4 is 5.97 Å². The van der Waals surface area contributed by atoms with Gasteiger partial charge in [0.15, 0.2) is 0 Å². The maximum absolute atomic E-state index is 11.5. The molecular weight excluding hydrogens is 294 g/mol. The van der Waals surface area contributed by atoms with E-state index in [1.165, 1.54) is 25.5 Å². The van der Waals surface area contributed by atoms with Crippen LogP contribution in [0.1, 0.15) is 34.7 Å². The van der Waals surface area contributed by atoms with E-state index in [9.17, 15) is 4.79 Å². The van der Waals surface area contributed by atoms with Crippen LogP contribution in [0.25, 0.3) is 0 Å². The van der Waals surface area contributed by atoms with E-state index in [0.717, 1.165) is 18.1 Å². The molecule has 1 aromatic carbocycles. The van der Waals surface area contributed by atoms with Gasteiger partial charge in [-0.25, -0.2) is 4.79 Å². The fourth-order valence-corrected chi connectivity index (χ4v) is 2.59. The third kappa shape index (κ3) is 3.93. The Labute approximate surface area is 135 Å². The second kappa shape index (κ2) is 6.87. The number of esters is 1. The maximum atomic E-state index is 11.5. The lowest BCUT2D eigenvalue weighted by Crippen LogP contribution is -2.24. The summed E-state index contributed by atoms with van der Waals surface area (Å²) in [6, 6.07) is 12.2. The number of rotatable bonds is 7. The van der Waals surface area contributed by atoms with Gasteiger partial charge in [-0.15, -0.1) is 0 Å². The van der Waals surface area contributed by atoms with E-state index in [1.54, 1.807) is 13.2 Å². The van der Waals surface area contributed by atoms with E-state index in [4.69, 9.17) is 9.15 Å². The van der Waals surface area contributed by atoms with Crippen molar-refractivity contribution < 1.29 is 18.7 Å². The number of benzene rings is 1. The fourth-order valence-electron chi connectivity index (χ4n) is 2.59. The van der Waals surface area contributed by atoms with Gasteiger partial charge >= 0.3 is 5.97 Å². The van der Waals surface area contributed by atoms with Crippen LogP contribution in [0, 0.1) is 0 Å². The molecule has 1 heterocycles. The zero-order chi connectivity index (χ0) is 16.2.